The minimum absolute atomic E-state index is 0.00433. The third-order valence-electron chi connectivity index (χ3n) is 6.39. The molecule has 3 aromatic rings. The minimum Gasteiger partial charge on any atom is -0.294 e. The molecule has 0 aromatic heterocycles. The van der Waals surface area contributed by atoms with Gasteiger partial charge in [0.2, 0.25) is 5.91 Å². The number of ketones is 1. The van der Waals surface area contributed by atoms with Gasteiger partial charge < -0.3 is 0 Å². The van der Waals surface area contributed by atoms with Crippen LogP contribution in [0.3, 0.4) is 0 Å². The van der Waals surface area contributed by atoms with Crippen LogP contribution in [0, 0.1) is 5.41 Å². The zero-order chi connectivity index (χ0) is 21.8. The summed E-state index contributed by atoms with van der Waals surface area (Å²) in [6.45, 7) is 4.18. The average molecular weight is 430 g/mol. The molecule has 1 amide bonds. The molecule has 2 aliphatic rings. The number of Topliss-reactive ketones (excluding diaryl/α,β-unsaturated/α-hetero) is 1. The number of rotatable bonds is 2. The van der Waals surface area contributed by atoms with Crippen LogP contribution in [-0.4, -0.2) is 11.7 Å². The number of carbonyl (C=O) groups is 2. The van der Waals surface area contributed by atoms with Crippen LogP contribution in [0.5, 0.6) is 0 Å². The first-order valence-electron chi connectivity index (χ1n) is 10.7. The van der Waals surface area contributed by atoms with Crippen molar-refractivity contribution in [2.45, 2.75) is 39.0 Å². The lowest BCUT2D eigenvalue weighted by molar-refractivity contribution is -0.121. The summed E-state index contributed by atoms with van der Waals surface area (Å²) < 4.78 is 0. The monoisotopic (exact) mass is 429 g/mol. The van der Waals surface area contributed by atoms with Gasteiger partial charge in [0.1, 0.15) is 0 Å². The summed E-state index contributed by atoms with van der Waals surface area (Å²) >= 11 is 6.23. The van der Waals surface area contributed by atoms with Crippen molar-refractivity contribution in [2.24, 2.45) is 5.41 Å². The zero-order valence-electron chi connectivity index (χ0n) is 17.7. The second-order valence-corrected chi connectivity index (χ2v) is 9.81. The Bertz CT molecular complexity index is 1260. The number of benzene rings is 3. The molecule has 5 rings (SSSR count). The molecule has 1 aliphatic carbocycles. The molecule has 0 saturated carbocycles. The van der Waals surface area contributed by atoms with Crippen LogP contribution in [0.2, 0.25) is 5.02 Å². The normalized spacial score (nSPS) is 20.9. The molecule has 0 fully saturated rings. The lowest BCUT2D eigenvalue weighted by atomic mass is 9.69. The van der Waals surface area contributed by atoms with Crippen LogP contribution < -0.4 is 4.90 Å². The molecular weight excluding hydrogens is 406 g/mol. The van der Waals surface area contributed by atoms with Gasteiger partial charge in [0.25, 0.3) is 0 Å². The number of anilines is 1. The molecule has 0 radical (unpaired) electrons. The first-order valence-corrected chi connectivity index (χ1v) is 11.0. The molecule has 3 nitrogen and oxygen atoms in total. The Morgan fingerprint density at radius 3 is 2.45 bits per heavy atom. The predicted molar refractivity (Wildman–Crippen MR) is 125 cm³/mol. The van der Waals surface area contributed by atoms with Crippen LogP contribution in [0.1, 0.15) is 44.6 Å². The number of hydrogen-bond donors (Lipinski definition) is 0. The SMILES string of the molecule is CC1(C)CC(=O)C2=C(C1)N(c1cccc(Cl)c1)C(=O)CC2c1ccc2ccccc2c1. The van der Waals surface area contributed by atoms with Gasteiger partial charge in [0.15, 0.2) is 5.78 Å². The van der Waals surface area contributed by atoms with E-state index in [9.17, 15) is 9.59 Å². The number of amides is 1. The van der Waals surface area contributed by atoms with Crippen molar-refractivity contribution < 1.29 is 9.59 Å². The molecule has 0 saturated heterocycles. The molecule has 3 aromatic carbocycles. The van der Waals surface area contributed by atoms with Crippen LogP contribution >= 0.6 is 11.6 Å². The van der Waals surface area contributed by atoms with Gasteiger partial charge in [-0.3, -0.25) is 14.5 Å². The molecule has 0 spiro atoms. The molecule has 1 heterocycles. The molecule has 156 valence electrons. The highest BCUT2D eigenvalue weighted by molar-refractivity contribution is 6.31. The summed E-state index contributed by atoms with van der Waals surface area (Å²) in [5.41, 5.74) is 3.18. The highest BCUT2D eigenvalue weighted by Crippen LogP contribution is 2.48. The highest BCUT2D eigenvalue weighted by Gasteiger charge is 2.44. The van der Waals surface area contributed by atoms with Gasteiger partial charge in [-0.1, -0.05) is 74.0 Å². The molecule has 0 N–H and O–H groups in total. The quantitative estimate of drug-likeness (QED) is 0.457. The van der Waals surface area contributed by atoms with Crippen molar-refractivity contribution in [3.8, 4) is 0 Å². The Morgan fingerprint density at radius 2 is 1.68 bits per heavy atom. The van der Waals surface area contributed by atoms with E-state index in [2.05, 4.69) is 44.2 Å². The first-order chi connectivity index (χ1) is 14.8. The van der Waals surface area contributed by atoms with Gasteiger partial charge in [-0.25, -0.2) is 0 Å². The smallest absolute Gasteiger partial charge is 0.232 e. The van der Waals surface area contributed by atoms with Crippen molar-refractivity contribution in [1.29, 1.82) is 0 Å². The van der Waals surface area contributed by atoms with Gasteiger partial charge in [-0.15, -0.1) is 0 Å². The second-order valence-electron chi connectivity index (χ2n) is 9.37. The van der Waals surface area contributed by atoms with Gasteiger partial charge in [-0.2, -0.15) is 0 Å². The van der Waals surface area contributed by atoms with Crippen LogP contribution in [0.4, 0.5) is 5.69 Å². The summed E-state index contributed by atoms with van der Waals surface area (Å²) in [4.78, 5) is 28.6. The van der Waals surface area contributed by atoms with E-state index < -0.39 is 0 Å². The van der Waals surface area contributed by atoms with E-state index >= 15 is 0 Å². The molecule has 31 heavy (non-hydrogen) atoms. The summed E-state index contributed by atoms with van der Waals surface area (Å²) in [6.07, 6.45) is 1.44. The number of carbonyl (C=O) groups excluding carboxylic acids is 2. The third-order valence-corrected chi connectivity index (χ3v) is 6.62. The van der Waals surface area contributed by atoms with Gasteiger partial charge in [0, 0.05) is 35.1 Å². The van der Waals surface area contributed by atoms with E-state index in [4.69, 9.17) is 11.6 Å². The summed E-state index contributed by atoms with van der Waals surface area (Å²) in [7, 11) is 0. The maximum atomic E-state index is 13.5. The lowest BCUT2D eigenvalue weighted by Crippen LogP contribution is -2.43. The topological polar surface area (TPSA) is 37.4 Å². The van der Waals surface area contributed by atoms with Gasteiger partial charge in [0.05, 0.1) is 5.69 Å². The van der Waals surface area contributed by atoms with Crippen LogP contribution in [-0.2, 0) is 9.59 Å². The third kappa shape index (κ3) is 3.57. The first kappa shape index (κ1) is 20.0. The molecular formula is C27H24ClNO2. The number of halogens is 1. The van der Waals surface area contributed by atoms with Crippen LogP contribution in [0.15, 0.2) is 78.0 Å². The highest BCUT2D eigenvalue weighted by atomic mass is 35.5. The molecule has 1 atom stereocenters. The Morgan fingerprint density at radius 1 is 0.903 bits per heavy atom. The van der Waals surface area contributed by atoms with Crippen LogP contribution in [0.25, 0.3) is 10.8 Å². The molecule has 1 aliphatic heterocycles. The summed E-state index contributed by atoms with van der Waals surface area (Å²) in [5.74, 6) is -0.0697. The predicted octanol–water partition coefficient (Wildman–Crippen LogP) is 6.66. The lowest BCUT2D eigenvalue weighted by Gasteiger charge is -2.43. The van der Waals surface area contributed by atoms with Gasteiger partial charge in [-0.05, 0) is 46.4 Å². The van der Waals surface area contributed by atoms with E-state index in [0.717, 1.165) is 33.3 Å². The number of allylic oxidation sites excluding steroid dienone is 2. The Balaban J connectivity index is 1.69. The maximum absolute atomic E-state index is 13.5. The van der Waals surface area contributed by atoms with E-state index in [-0.39, 0.29) is 29.4 Å². The van der Waals surface area contributed by atoms with E-state index in [1.165, 1.54) is 0 Å². The molecule has 0 bridgehead atoms. The average Bonchev–Trinajstić information content (AvgIpc) is 2.71. The van der Waals surface area contributed by atoms with Crippen molar-refractivity contribution in [3.63, 3.8) is 0 Å². The fourth-order valence-corrected chi connectivity index (χ4v) is 5.22. The van der Waals surface area contributed by atoms with E-state index in [0.29, 0.717) is 17.9 Å². The van der Waals surface area contributed by atoms with Crippen molar-refractivity contribution >= 4 is 39.8 Å². The number of fused-ring (bicyclic) bond motifs is 1. The largest absolute Gasteiger partial charge is 0.294 e. The van der Waals surface area contributed by atoms with Gasteiger partial charge >= 0.3 is 0 Å². The summed E-state index contributed by atoms with van der Waals surface area (Å²) in [6, 6.07) is 21.8. The summed E-state index contributed by atoms with van der Waals surface area (Å²) in [5, 5.41) is 2.85. The minimum atomic E-state index is -0.217. The maximum Gasteiger partial charge on any atom is 0.232 e. The standard InChI is InChI=1S/C27H24ClNO2/c1-27(2)15-23-26(24(30)16-27)22(19-11-10-17-6-3-4-7-18(17)12-19)14-25(31)29(23)21-9-5-8-20(28)13-21/h3-13,22H,14-16H2,1-2H3. The van der Waals surface area contributed by atoms with E-state index in [1.54, 1.807) is 17.0 Å². The van der Waals surface area contributed by atoms with Crippen molar-refractivity contribution in [1.82, 2.24) is 0 Å². The Kier molecular flexibility index (Phi) is 4.75. The zero-order valence-corrected chi connectivity index (χ0v) is 18.4. The Hall–Kier alpha value is -2.91. The van der Waals surface area contributed by atoms with Crippen molar-refractivity contribution in [2.75, 3.05) is 4.90 Å². The van der Waals surface area contributed by atoms with E-state index in [1.807, 2.05) is 24.3 Å². The number of hydrogen-bond acceptors (Lipinski definition) is 2. The fraction of sp³-hybridized carbons (Fsp3) is 0.259. The Labute approximate surface area is 187 Å². The number of nitrogens with zero attached hydrogens (tertiary/aromatic N) is 1. The molecule has 4 heteroatoms. The fourth-order valence-electron chi connectivity index (χ4n) is 5.04. The molecule has 1 unspecified atom stereocenters. The second kappa shape index (κ2) is 7.35. The van der Waals surface area contributed by atoms with Crippen molar-refractivity contribution in [3.05, 3.63) is 88.6 Å².